The molecule has 11 heteroatoms. The molecule has 3 fully saturated rings. The molecule has 3 aliphatic heterocycles. The van der Waals surface area contributed by atoms with Crippen molar-refractivity contribution in [2.24, 2.45) is 0 Å². The highest BCUT2D eigenvalue weighted by Gasteiger charge is 2.44. The molecule has 2 N–H and O–H groups in total. The number of thiophene rings is 1. The lowest BCUT2D eigenvalue weighted by Gasteiger charge is -2.56. The first-order valence-corrected chi connectivity index (χ1v) is 13.5. The van der Waals surface area contributed by atoms with Crippen molar-refractivity contribution >= 4 is 39.0 Å². The molecule has 8 heterocycles. The molecule has 5 aromatic heterocycles. The molecular formula is C27H27N9OS. The van der Waals surface area contributed by atoms with E-state index in [4.69, 9.17) is 19.7 Å². The second-order valence-electron chi connectivity index (χ2n) is 9.83. The van der Waals surface area contributed by atoms with Crippen LogP contribution in [0.4, 0.5) is 17.5 Å². The van der Waals surface area contributed by atoms with Crippen LogP contribution in [0.5, 0.6) is 5.88 Å². The third-order valence-corrected chi connectivity index (χ3v) is 8.21. The SMILES string of the molecule is COc1ccc(CN2C3CC2CN(c2ccc(-c4nc(Nc5cc(C)[nH]n5)c5sccc5n4)cn2)C3)cn1. The number of aromatic amines is 1. The Morgan fingerprint density at radius 1 is 1.08 bits per heavy atom. The van der Waals surface area contributed by atoms with Gasteiger partial charge in [0.15, 0.2) is 17.5 Å². The van der Waals surface area contributed by atoms with Gasteiger partial charge in [-0.1, -0.05) is 6.07 Å². The van der Waals surface area contributed by atoms with Crippen LogP contribution in [-0.2, 0) is 6.54 Å². The molecule has 0 aliphatic carbocycles. The molecule has 10 nitrogen and oxygen atoms in total. The van der Waals surface area contributed by atoms with Crippen LogP contribution in [0, 0.1) is 6.92 Å². The van der Waals surface area contributed by atoms with E-state index >= 15 is 0 Å². The van der Waals surface area contributed by atoms with Gasteiger partial charge in [0.1, 0.15) is 5.82 Å². The molecule has 38 heavy (non-hydrogen) atoms. The van der Waals surface area contributed by atoms with Gasteiger partial charge in [0.25, 0.3) is 0 Å². The van der Waals surface area contributed by atoms with E-state index in [0.29, 0.717) is 23.8 Å². The lowest BCUT2D eigenvalue weighted by atomic mass is 9.87. The van der Waals surface area contributed by atoms with Crippen molar-refractivity contribution in [1.29, 1.82) is 0 Å². The van der Waals surface area contributed by atoms with E-state index in [-0.39, 0.29) is 0 Å². The average molecular weight is 526 g/mol. The summed E-state index contributed by atoms with van der Waals surface area (Å²) in [5.41, 5.74) is 4.00. The van der Waals surface area contributed by atoms with Crippen LogP contribution in [0.1, 0.15) is 17.7 Å². The van der Waals surface area contributed by atoms with Crippen molar-refractivity contribution < 1.29 is 4.74 Å². The smallest absolute Gasteiger partial charge is 0.212 e. The number of H-pyrrole nitrogens is 1. The molecule has 3 saturated heterocycles. The molecule has 0 radical (unpaired) electrons. The number of ether oxygens (including phenoxy) is 1. The molecule has 0 spiro atoms. The zero-order valence-corrected chi connectivity index (χ0v) is 21.9. The highest BCUT2D eigenvalue weighted by molar-refractivity contribution is 7.17. The predicted molar refractivity (Wildman–Crippen MR) is 148 cm³/mol. The summed E-state index contributed by atoms with van der Waals surface area (Å²) in [6.45, 7) is 4.84. The summed E-state index contributed by atoms with van der Waals surface area (Å²) in [6.07, 6.45) is 5.03. The Kier molecular flexibility index (Phi) is 5.67. The van der Waals surface area contributed by atoms with Gasteiger partial charge in [0.05, 0.1) is 17.3 Å². The summed E-state index contributed by atoms with van der Waals surface area (Å²) in [4.78, 5) is 23.8. The van der Waals surface area contributed by atoms with Crippen molar-refractivity contribution in [3.05, 3.63) is 65.4 Å². The topological polar surface area (TPSA) is 108 Å². The van der Waals surface area contributed by atoms with E-state index in [2.05, 4.69) is 48.5 Å². The molecule has 0 amide bonds. The number of piperazine rings is 1. The molecule has 2 bridgehead atoms. The fourth-order valence-corrected chi connectivity index (χ4v) is 6.13. The quantitative estimate of drug-likeness (QED) is 0.320. The van der Waals surface area contributed by atoms with Gasteiger partial charge >= 0.3 is 0 Å². The minimum atomic E-state index is 0.529. The minimum absolute atomic E-state index is 0.529. The van der Waals surface area contributed by atoms with Gasteiger partial charge in [0, 0.05) is 67.5 Å². The van der Waals surface area contributed by atoms with Crippen molar-refractivity contribution in [1.82, 2.24) is 35.0 Å². The number of aryl methyl sites for hydroxylation is 1. The summed E-state index contributed by atoms with van der Waals surface area (Å²) in [7, 11) is 1.64. The standard InChI is InChI=1S/C27H27N9OS/c1-16-9-22(34-33-16)31-27-25-21(7-8-38-25)30-26(32-27)18-4-5-23(28-12-18)35-14-19-10-20(15-35)36(19)13-17-3-6-24(37-2)29-11-17/h3-9,11-12,19-20H,10,13-15H2,1-2H3,(H2,30,31,32,33,34). The third-order valence-electron chi connectivity index (χ3n) is 7.30. The van der Waals surface area contributed by atoms with Crippen LogP contribution in [0.3, 0.4) is 0 Å². The van der Waals surface area contributed by atoms with Crippen LogP contribution in [0.15, 0.2) is 54.2 Å². The lowest BCUT2D eigenvalue weighted by molar-refractivity contribution is -0.00876. The lowest BCUT2D eigenvalue weighted by Crippen LogP contribution is -2.68. The van der Waals surface area contributed by atoms with Gasteiger partial charge < -0.3 is 15.0 Å². The first-order valence-electron chi connectivity index (χ1n) is 12.6. The summed E-state index contributed by atoms with van der Waals surface area (Å²) in [5, 5.41) is 12.6. The Hall–Kier alpha value is -4.09. The summed E-state index contributed by atoms with van der Waals surface area (Å²) >= 11 is 1.61. The molecule has 8 rings (SSSR count). The first kappa shape index (κ1) is 23.1. The molecule has 2 atom stereocenters. The number of fused-ring (bicyclic) bond motifs is 3. The van der Waals surface area contributed by atoms with Gasteiger partial charge in [-0.25, -0.2) is 19.9 Å². The van der Waals surface area contributed by atoms with E-state index in [1.165, 1.54) is 12.0 Å². The summed E-state index contributed by atoms with van der Waals surface area (Å²) < 4.78 is 6.18. The number of rotatable bonds is 7. The Labute approximate surface area is 223 Å². The van der Waals surface area contributed by atoms with Crippen LogP contribution < -0.4 is 15.0 Å². The number of hydrogen-bond donors (Lipinski definition) is 2. The maximum Gasteiger partial charge on any atom is 0.212 e. The number of pyridine rings is 2. The number of aromatic nitrogens is 6. The second-order valence-corrected chi connectivity index (χ2v) is 10.7. The highest BCUT2D eigenvalue weighted by Crippen LogP contribution is 2.36. The molecule has 3 aliphatic rings. The van der Waals surface area contributed by atoms with Crippen molar-refractivity contribution in [2.75, 3.05) is 30.4 Å². The maximum atomic E-state index is 5.18. The fourth-order valence-electron chi connectivity index (χ4n) is 5.35. The summed E-state index contributed by atoms with van der Waals surface area (Å²) in [5.74, 6) is 3.77. The van der Waals surface area contributed by atoms with Crippen molar-refractivity contribution in [3.8, 4) is 17.3 Å². The van der Waals surface area contributed by atoms with E-state index in [1.54, 1.807) is 18.4 Å². The Balaban J connectivity index is 1.06. The second kappa shape index (κ2) is 9.34. The monoisotopic (exact) mass is 525 g/mol. The average Bonchev–Trinajstić information content (AvgIpc) is 3.61. The van der Waals surface area contributed by atoms with Crippen LogP contribution in [0.25, 0.3) is 21.6 Å². The van der Waals surface area contributed by atoms with Gasteiger partial charge in [-0.2, -0.15) is 5.10 Å². The Morgan fingerprint density at radius 3 is 2.68 bits per heavy atom. The number of nitrogens with zero attached hydrogens (tertiary/aromatic N) is 7. The Bertz CT molecular complexity index is 1570. The van der Waals surface area contributed by atoms with Gasteiger partial charge in [-0.3, -0.25) is 10.00 Å². The molecule has 0 aromatic carbocycles. The molecule has 192 valence electrons. The van der Waals surface area contributed by atoms with E-state index in [9.17, 15) is 0 Å². The fraction of sp³-hybridized carbons (Fsp3) is 0.296. The number of methoxy groups -OCH3 is 1. The van der Waals surface area contributed by atoms with E-state index in [1.807, 2.05) is 42.9 Å². The normalized spacial score (nSPS) is 18.9. The molecule has 5 aromatic rings. The molecule has 0 saturated carbocycles. The van der Waals surface area contributed by atoms with E-state index < -0.39 is 0 Å². The maximum absolute atomic E-state index is 5.18. The Morgan fingerprint density at radius 2 is 1.97 bits per heavy atom. The number of nitrogens with one attached hydrogen (secondary N) is 2. The van der Waals surface area contributed by atoms with Crippen molar-refractivity contribution in [2.45, 2.75) is 32.0 Å². The number of hydrogen-bond acceptors (Lipinski definition) is 10. The number of anilines is 3. The van der Waals surface area contributed by atoms with Crippen LogP contribution >= 0.6 is 11.3 Å². The summed E-state index contributed by atoms with van der Waals surface area (Å²) in [6, 6.07) is 13.2. The van der Waals surface area contributed by atoms with Gasteiger partial charge in [-0.15, -0.1) is 11.3 Å². The molecule has 2 unspecified atom stereocenters. The largest absolute Gasteiger partial charge is 0.481 e. The first-order chi connectivity index (χ1) is 18.6. The molecular weight excluding hydrogens is 498 g/mol. The number of piperidine rings is 1. The highest BCUT2D eigenvalue weighted by atomic mass is 32.1. The van der Waals surface area contributed by atoms with Crippen molar-refractivity contribution in [3.63, 3.8) is 0 Å². The van der Waals surface area contributed by atoms with Gasteiger partial charge in [-0.05, 0) is 42.5 Å². The van der Waals surface area contributed by atoms with Crippen LogP contribution in [-0.4, -0.2) is 67.3 Å². The third kappa shape index (κ3) is 4.23. The zero-order chi connectivity index (χ0) is 25.6. The van der Waals surface area contributed by atoms with Gasteiger partial charge in [0.2, 0.25) is 5.88 Å². The minimum Gasteiger partial charge on any atom is -0.481 e. The van der Waals surface area contributed by atoms with Crippen LogP contribution in [0.2, 0.25) is 0 Å². The zero-order valence-electron chi connectivity index (χ0n) is 21.1. The van der Waals surface area contributed by atoms with E-state index in [0.717, 1.165) is 58.6 Å². The predicted octanol–water partition coefficient (Wildman–Crippen LogP) is 4.40.